The zero-order valence-electron chi connectivity index (χ0n) is 11.2. The molecule has 5 nitrogen and oxygen atoms in total. The number of aromatic hydroxyl groups is 1. The Morgan fingerprint density at radius 1 is 1.25 bits per heavy atom. The molecule has 0 unspecified atom stereocenters. The van der Waals surface area contributed by atoms with Crippen LogP contribution in [0.3, 0.4) is 0 Å². The molecular weight excluding hydrogens is 256 g/mol. The second kappa shape index (κ2) is 5.49. The smallest absolute Gasteiger partial charge is 0.332 e. The molecular formula is C15H14N2O3. The van der Waals surface area contributed by atoms with Gasteiger partial charge in [-0.05, 0) is 19.4 Å². The van der Waals surface area contributed by atoms with E-state index in [1.165, 1.54) is 0 Å². The Labute approximate surface area is 115 Å². The van der Waals surface area contributed by atoms with E-state index in [1.807, 2.05) is 19.1 Å². The zero-order valence-corrected chi connectivity index (χ0v) is 11.2. The highest BCUT2D eigenvalue weighted by molar-refractivity contribution is 5.67. The molecule has 0 fully saturated rings. The number of benzene rings is 1. The standard InChI is InChI=1S/C15H14N2O3/c1-3-4-9-17-14(19)12(13(18)16-15(17)20)11-7-5-10(2)6-8-11/h5-8,19H,9H2,1-2H3,(H,16,18,20). The summed E-state index contributed by atoms with van der Waals surface area (Å²) in [6.45, 7) is 3.58. The Balaban J connectivity index is 2.69. The maximum atomic E-state index is 11.9. The van der Waals surface area contributed by atoms with Crippen LogP contribution >= 0.6 is 0 Å². The van der Waals surface area contributed by atoms with Gasteiger partial charge in [-0.15, -0.1) is 5.92 Å². The molecule has 5 heteroatoms. The first-order chi connectivity index (χ1) is 9.54. The maximum absolute atomic E-state index is 11.9. The molecule has 0 spiro atoms. The fourth-order valence-corrected chi connectivity index (χ4v) is 1.85. The van der Waals surface area contributed by atoms with Crippen molar-refractivity contribution in [3.8, 4) is 28.8 Å². The van der Waals surface area contributed by atoms with Gasteiger partial charge >= 0.3 is 5.69 Å². The molecule has 1 aromatic carbocycles. The summed E-state index contributed by atoms with van der Waals surface area (Å²) < 4.78 is 1.03. The van der Waals surface area contributed by atoms with E-state index >= 15 is 0 Å². The van der Waals surface area contributed by atoms with E-state index in [0.717, 1.165) is 10.1 Å². The number of hydrogen-bond acceptors (Lipinski definition) is 3. The summed E-state index contributed by atoms with van der Waals surface area (Å²) in [5.41, 5.74) is 0.369. The molecule has 0 atom stereocenters. The van der Waals surface area contributed by atoms with Crippen molar-refractivity contribution in [2.45, 2.75) is 20.4 Å². The van der Waals surface area contributed by atoms with Gasteiger partial charge in [0.1, 0.15) is 5.56 Å². The number of aromatic amines is 1. The third kappa shape index (κ3) is 2.50. The Morgan fingerprint density at radius 2 is 1.90 bits per heavy atom. The Bertz CT molecular complexity index is 802. The van der Waals surface area contributed by atoms with Crippen molar-refractivity contribution in [1.82, 2.24) is 9.55 Å². The molecule has 0 saturated carbocycles. The first kappa shape index (κ1) is 13.7. The zero-order chi connectivity index (χ0) is 14.7. The van der Waals surface area contributed by atoms with Crippen LogP contribution in [0, 0.1) is 18.8 Å². The topological polar surface area (TPSA) is 75.1 Å². The molecule has 102 valence electrons. The first-order valence-corrected chi connectivity index (χ1v) is 6.07. The van der Waals surface area contributed by atoms with Crippen molar-refractivity contribution in [2.75, 3.05) is 0 Å². The third-order valence-electron chi connectivity index (χ3n) is 2.93. The highest BCUT2D eigenvalue weighted by atomic mass is 16.3. The molecule has 0 amide bonds. The fourth-order valence-electron chi connectivity index (χ4n) is 1.85. The largest absolute Gasteiger partial charge is 0.494 e. The lowest BCUT2D eigenvalue weighted by molar-refractivity contribution is 0.415. The van der Waals surface area contributed by atoms with E-state index in [0.29, 0.717) is 5.56 Å². The Morgan fingerprint density at radius 3 is 2.50 bits per heavy atom. The normalized spacial score (nSPS) is 9.90. The van der Waals surface area contributed by atoms with Crippen molar-refractivity contribution in [1.29, 1.82) is 0 Å². The van der Waals surface area contributed by atoms with Crippen molar-refractivity contribution in [2.24, 2.45) is 0 Å². The van der Waals surface area contributed by atoms with E-state index < -0.39 is 11.2 Å². The van der Waals surface area contributed by atoms with Crippen LogP contribution in [0.25, 0.3) is 11.1 Å². The van der Waals surface area contributed by atoms with Crippen LogP contribution in [0.15, 0.2) is 33.9 Å². The number of nitrogens with one attached hydrogen (secondary N) is 1. The highest BCUT2D eigenvalue weighted by Crippen LogP contribution is 2.23. The van der Waals surface area contributed by atoms with Crippen LogP contribution < -0.4 is 11.2 Å². The van der Waals surface area contributed by atoms with Crippen LogP contribution in [-0.2, 0) is 6.54 Å². The predicted molar refractivity (Wildman–Crippen MR) is 76.6 cm³/mol. The molecule has 20 heavy (non-hydrogen) atoms. The molecule has 0 aliphatic heterocycles. The lowest BCUT2D eigenvalue weighted by Crippen LogP contribution is -2.30. The van der Waals surface area contributed by atoms with Gasteiger partial charge in [-0.3, -0.25) is 14.3 Å². The molecule has 2 rings (SSSR count). The van der Waals surface area contributed by atoms with Gasteiger partial charge in [0, 0.05) is 0 Å². The molecule has 2 aromatic rings. The molecule has 2 N–H and O–H groups in total. The van der Waals surface area contributed by atoms with Crippen molar-refractivity contribution in [3.63, 3.8) is 0 Å². The van der Waals surface area contributed by atoms with Gasteiger partial charge in [0.25, 0.3) is 5.56 Å². The minimum Gasteiger partial charge on any atom is -0.494 e. The average molecular weight is 270 g/mol. The minimum absolute atomic E-state index is 0.0246. The number of aromatic nitrogens is 2. The van der Waals surface area contributed by atoms with E-state index in [9.17, 15) is 14.7 Å². The van der Waals surface area contributed by atoms with E-state index in [1.54, 1.807) is 19.1 Å². The quantitative estimate of drug-likeness (QED) is 0.806. The summed E-state index contributed by atoms with van der Waals surface area (Å²) in [4.78, 5) is 25.8. The second-order valence-electron chi connectivity index (χ2n) is 4.34. The van der Waals surface area contributed by atoms with Gasteiger partial charge in [-0.1, -0.05) is 35.7 Å². The van der Waals surface area contributed by atoms with Crippen LogP contribution in [0.1, 0.15) is 12.5 Å². The predicted octanol–water partition coefficient (Wildman–Crippen LogP) is 1.24. The van der Waals surface area contributed by atoms with Crippen molar-refractivity contribution in [3.05, 3.63) is 50.7 Å². The maximum Gasteiger partial charge on any atom is 0.332 e. The van der Waals surface area contributed by atoms with Crippen LogP contribution in [0.5, 0.6) is 5.88 Å². The van der Waals surface area contributed by atoms with Crippen molar-refractivity contribution >= 4 is 0 Å². The van der Waals surface area contributed by atoms with Crippen molar-refractivity contribution < 1.29 is 5.11 Å². The lowest BCUT2D eigenvalue weighted by Gasteiger charge is -2.09. The molecule has 0 saturated heterocycles. The molecule has 0 bridgehead atoms. The molecule has 0 aliphatic carbocycles. The molecule has 1 heterocycles. The number of hydrogen-bond donors (Lipinski definition) is 2. The van der Waals surface area contributed by atoms with E-state index in [2.05, 4.69) is 16.8 Å². The number of rotatable bonds is 2. The average Bonchev–Trinajstić information content (AvgIpc) is 2.40. The monoisotopic (exact) mass is 270 g/mol. The first-order valence-electron chi connectivity index (χ1n) is 6.07. The highest BCUT2D eigenvalue weighted by Gasteiger charge is 2.15. The van der Waals surface area contributed by atoms with Gasteiger partial charge in [-0.25, -0.2) is 4.79 Å². The number of nitrogens with zero attached hydrogens (tertiary/aromatic N) is 1. The van der Waals surface area contributed by atoms with Gasteiger partial charge in [0.2, 0.25) is 5.88 Å². The van der Waals surface area contributed by atoms with E-state index in [4.69, 9.17) is 0 Å². The van der Waals surface area contributed by atoms with Gasteiger partial charge in [0.05, 0.1) is 6.54 Å². The third-order valence-corrected chi connectivity index (χ3v) is 2.93. The Kier molecular flexibility index (Phi) is 3.76. The van der Waals surface area contributed by atoms with Gasteiger partial charge < -0.3 is 5.11 Å². The van der Waals surface area contributed by atoms with Gasteiger partial charge in [0.15, 0.2) is 0 Å². The summed E-state index contributed by atoms with van der Waals surface area (Å²) in [6.07, 6.45) is 0. The summed E-state index contributed by atoms with van der Waals surface area (Å²) >= 11 is 0. The second-order valence-corrected chi connectivity index (χ2v) is 4.34. The molecule has 0 radical (unpaired) electrons. The van der Waals surface area contributed by atoms with Crippen LogP contribution in [0.4, 0.5) is 0 Å². The summed E-state index contributed by atoms with van der Waals surface area (Å²) in [7, 11) is 0. The number of aryl methyl sites for hydroxylation is 1. The minimum atomic E-state index is -0.675. The van der Waals surface area contributed by atoms with Crippen LogP contribution in [0.2, 0.25) is 0 Å². The fraction of sp³-hybridized carbons (Fsp3) is 0.200. The number of H-pyrrole nitrogens is 1. The van der Waals surface area contributed by atoms with E-state index in [-0.39, 0.29) is 18.0 Å². The lowest BCUT2D eigenvalue weighted by atomic mass is 10.1. The summed E-state index contributed by atoms with van der Waals surface area (Å²) in [5.74, 6) is 4.95. The molecule has 0 aliphatic rings. The SMILES string of the molecule is CC#CCn1c(O)c(-c2ccc(C)cc2)c(=O)[nH]c1=O. The van der Waals surface area contributed by atoms with Crippen LogP contribution in [-0.4, -0.2) is 14.7 Å². The Hall–Kier alpha value is -2.74. The molecule has 1 aromatic heterocycles. The summed E-state index contributed by atoms with van der Waals surface area (Å²) in [6, 6.07) is 7.10. The summed E-state index contributed by atoms with van der Waals surface area (Å²) in [5, 5.41) is 10.2. The van der Waals surface area contributed by atoms with Gasteiger partial charge in [-0.2, -0.15) is 0 Å².